The van der Waals surface area contributed by atoms with Crippen molar-refractivity contribution >= 4 is 33.1 Å². The van der Waals surface area contributed by atoms with Crippen LogP contribution in [0.3, 0.4) is 0 Å². The van der Waals surface area contributed by atoms with Gasteiger partial charge in [0.15, 0.2) is 0 Å². The van der Waals surface area contributed by atoms with E-state index >= 15 is 0 Å². The molecule has 2 aliphatic carbocycles. The average molecular weight is 564 g/mol. The van der Waals surface area contributed by atoms with E-state index in [0.29, 0.717) is 0 Å². The molecule has 0 saturated heterocycles. The number of fused-ring (bicyclic) bond motifs is 13. The summed E-state index contributed by atoms with van der Waals surface area (Å²) in [7, 11) is 0. The van der Waals surface area contributed by atoms with Crippen molar-refractivity contribution in [2.45, 2.75) is 5.41 Å². The van der Waals surface area contributed by atoms with Crippen LogP contribution >= 0.6 is 11.3 Å². The highest BCUT2D eigenvalue weighted by Crippen LogP contribution is 2.63. The highest BCUT2D eigenvalue weighted by Gasteiger charge is 2.51. The van der Waals surface area contributed by atoms with Crippen molar-refractivity contribution in [1.82, 2.24) is 4.57 Å². The lowest BCUT2D eigenvalue weighted by atomic mass is 9.70. The van der Waals surface area contributed by atoms with Crippen molar-refractivity contribution in [3.63, 3.8) is 0 Å². The summed E-state index contributed by atoms with van der Waals surface area (Å²) in [5.74, 6) is 0. The summed E-state index contributed by atoms with van der Waals surface area (Å²) in [5.41, 5.74) is 15.4. The first-order chi connectivity index (χ1) is 21.3. The molecule has 0 saturated carbocycles. The minimum absolute atomic E-state index is 0.389. The van der Waals surface area contributed by atoms with Gasteiger partial charge in [0.1, 0.15) is 0 Å². The molecule has 2 heterocycles. The predicted octanol–water partition coefficient (Wildman–Crippen LogP) is 10.9. The molecule has 43 heavy (non-hydrogen) atoms. The second kappa shape index (κ2) is 8.44. The van der Waals surface area contributed by atoms with Crippen LogP contribution in [0.25, 0.3) is 60.2 Å². The lowest BCUT2D eigenvalue weighted by Crippen LogP contribution is -2.26. The zero-order valence-corrected chi connectivity index (χ0v) is 24.1. The van der Waals surface area contributed by atoms with Crippen molar-refractivity contribution in [3.05, 3.63) is 173 Å². The quantitative estimate of drug-likeness (QED) is 0.197. The number of nitrogens with zero attached hydrogens (tertiary/aromatic N) is 1. The molecule has 0 fully saturated rings. The van der Waals surface area contributed by atoms with Crippen LogP contribution in [-0.4, -0.2) is 4.57 Å². The van der Waals surface area contributed by atoms with Crippen LogP contribution in [-0.2, 0) is 5.41 Å². The van der Waals surface area contributed by atoms with E-state index in [2.05, 4.69) is 156 Å². The highest BCUT2D eigenvalue weighted by atomic mass is 32.1. The van der Waals surface area contributed by atoms with Crippen LogP contribution in [0.1, 0.15) is 22.3 Å². The van der Waals surface area contributed by atoms with Gasteiger partial charge in [0.25, 0.3) is 0 Å². The molecule has 1 nitrogen and oxygen atoms in total. The van der Waals surface area contributed by atoms with Gasteiger partial charge in [-0.3, -0.25) is 0 Å². The fourth-order valence-electron chi connectivity index (χ4n) is 8.06. The Morgan fingerprint density at radius 2 is 1.00 bits per heavy atom. The Morgan fingerprint density at radius 3 is 1.65 bits per heavy atom. The third-order valence-electron chi connectivity index (χ3n) is 9.72. The van der Waals surface area contributed by atoms with Gasteiger partial charge in [-0.1, -0.05) is 109 Å². The van der Waals surface area contributed by atoms with Crippen LogP contribution in [0.15, 0.2) is 151 Å². The topological polar surface area (TPSA) is 4.93 Å². The molecule has 1 spiro atoms. The molecule has 10 rings (SSSR count). The van der Waals surface area contributed by atoms with Gasteiger partial charge in [-0.25, -0.2) is 0 Å². The third-order valence-corrected chi connectivity index (χ3v) is 10.6. The van der Waals surface area contributed by atoms with Crippen LogP contribution < -0.4 is 0 Å². The standard InChI is InChI=1S/C41H25NS/c1-5-14-34-28(10-1)29-11-2-6-15-35(29)41(34)36-24-26(40-18-9-23-43-40)19-21-30(36)31-22-20-27(25-37(31)41)42-38-16-7-3-12-32(38)33-13-4-8-17-39(33)42/h1-25H. The number of para-hydroxylation sites is 2. The summed E-state index contributed by atoms with van der Waals surface area (Å²) in [5, 5.41) is 4.74. The van der Waals surface area contributed by atoms with Gasteiger partial charge in [0.2, 0.25) is 0 Å². The lowest BCUT2D eigenvalue weighted by Gasteiger charge is -2.31. The van der Waals surface area contributed by atoms with Crippen molar-refractivity contribution in [1.29, 1.82) is 0 Å². The van der Waals surface area contributed by atoms with Crippen molar-refractivity contribution < 1.29 is 0 Å². The van der Waals surface area contributed by atoms with Crippen LogP contribution in [0.2, 0.25) is 0 Å². The minimum Gasteiger partial charge on any atom is -0.309 e. The second-order valence-corrected chi connectivity index (χ2v) is 12.6. The predicted molar refractivity (Wildman–Crippen MR) is 180 cm³/mol. The fraction of sp³-hybridized carbons (Fsp3) is 0.0244. The maximum atomic E-state index is 2.48. The number of hydrogen-bond acceptors (Lipinski definition) is 1. The Morgan fingerprint density at radius 1 is 0.442 bits per heavy atom. The number of hydrogen-bond donors (Lipinski definition) is 0. The molecule has 2 aliphatic rings. The maximum absolute atomic E-state index is 2.48. The van der Waals surface area contributed by atoms with E-state index in [-0.39, 0.29) is 5.41 Å². The Bertz CT molecular complexity index is 2310. The van der Waals surface area contributed by atoms with Crippen molar-refractivity contribution in [3.8, 4) is 38.4 Å². The molecule has 6 aromatic carbocycles. The van der Waals surface area contributed by atoms with E-state index in [1.807, 2.05) is 11.3 Å². The summed E-state index contributed by atoms with van der Waals surface area (Å²) >= 11 is 1.81. The van der Waals surface area contributed by atoms with E-state index in [1.165, 1.54) is 82.4 Å². The fourth-order valence-corrected chi connectivity index (χ4v) is 8.79. The van der Waals surface area contributed by atoms with Gasteiger partial charge in [-0.15, -0.1) is 11.3 Å². The largest absolute Gasteiger partial charge is 0.309 e. The molecular weight excluding hydrogens is 539 g/mol. The van der Waals surface area contributed by atoms with Crippen molar-refractivity contribution in [2.24, 2.45) is 0 Å². The zero-order valence-electron chi connectivity index (χ0n) is 23.3. The second-order valence-electron chi connectivity index (χ2n) is 11.7. The van der Waals surface area contributed by atoms with Gasteiger partial charge in [-0.2, -0.15) is 0 Å². The normalized spacial score (nSPS) is 13.8. The first-order valence-electron chi connectivity index (χ1n) is 14.9. The molecule has 8 aromatic rings. The van der Waals surface area contributed by atoms with E-state index in [1.54, 1.807) is 0 Å². The van der Waals surface area contributed by atoms with E-state index in [9.17, 15) is 0 Å². The zero-order chi connectivity index (χ0) is 28.1. The average Bonchev–Trinajstić information content (AvgIpc) is 3.84. The molecular formula is C41H25NS. The third kappa shape index (κ3) is 2.91. The van der Waals surface area contributed by atoms with Crippen LogP contribution in [0.5, 0.6) is 0 Å². The van der Waals surface area contributed by atoms with Crippen molar-refractivity contribution in [2.75, 3.05) is 0 Å². The lowest BCUT2D eigenvalue weighted by molar-refractivity contribution is 0.793. The molecule has 0 aliphatic heterocycles. The Kier molecular flexibility index (Phi) is 4.59. The molecule has 200 valence electrons. The molecule has 0 unspecified atom stereocenters. The SMILES string of the molecule is c1csc(-c2ccc3c(c2)C2(c4ccccc4-c4ccccc42)c2cc(-n4c5ccccc5c5ccccc54)ccc2-3)c1. The molecule has 2 heteroatoms. The number of aromatic nitrogens is 1. The van der Waals surface area contributed by atoms with Gasteiger partial charge in [0, 0.05) is 21.3 Å². The summed E-state index contributed by atoms with van der Waals surface area (Å²) in [6.07, 6.45) is 0. The molecule has 0 N–H and O–H groups in total. The molecule has 2 aromatic heterocycles. The minimum atomic E-state index is -0.389. The Labute approximate surface area is 253 Å². The summed E-state index contributed by atoms with van der Waals surface area (Å²) < 4.78 is 2.45. The Hall–Kier alpha value is -5.18. The summed E-state index contributed by atoms with van der Waals surface area (Å²) in [4.78, 5) is 1.31. The summed E-state index contributed by atoms with van der Waals surface area (Å²) in [6.45, 7) is 0. The van der Waals surface area contributed by atoms with Gasteiger partial charge in [-0.05, 0) is 91.8 Å². The number of thiophene rings is 1. The van der Waals surface area contributed by atoms with E-state index < -0.39 is 0 Å². The first-order valence-corrected chi connectivity index (χ1v) is 15.7. The monoisotopic (exact) mass is 563 g/mol. The summed E-state index contributed by atoms with van der Waals surface area (Å²) in [6, 6.07) is 54.4. The van der Waals surface area contributed by atoms with Gasteiger partial charge >= 0.3 is 0 Å². The maximum Gasteiger partial charge on any atom is 0.0726 e. The van der Waals surface area contributed by atoms with E-state index in [0.717, 1.165) is 0 Å². The van der Waals surface area contributed by atoms with E-state index in [4.69, 9.17) is 0 Å². The Balaban J connectivity index is 1.34. The first kappa shape index (κ1) is 23.4. The highest BCUT2D eigenvalue weighted by molar-refractivity contribution is 7.13. The van der Waals surface area contributed by atoms with Crippen LogP contribution in [0, 0.1) is 0 Å². The van der Waals surface area contributed by atoms with Gasteiger partial charge < -0.3 is 4.57 Å². The number of benzene rings is 6. The number of rotatable bonds is 2. The van der Waals surface area contributed by atoms with Crippen LogP contribution in [0.4, 0.5) is 0 Å². The molecule has 0 amide bonds. The molecule has 0 bridgehead atoms. The van der Waals surface area contributed by atoms with Gasteiger partial charge in [0.05, 0.1) is 16.4 Å². The smallest absolute Gasteiger partial charge is 0.0726 e. The molecule has 0 atom stereocenters. The molecule has 0 radical (unpaired) electrons.